The van der Waals surface area contributed by atoms with E-state index in [2.05, 4.69) is 17.0 Å². The molecule has 1 unspecified atom stereocenters. The van der Waals surface area contributed by atoms with Crippen molar-refractivity contribution >= 4 is 22.9 Å². The molecule has 1 amide bonds. The number of pyridine rings is 1. The van der Waals surface area contributed by atoms with Crippen molar-refractivity contribution in [1.29, 1.82) is 0 Å². The zero-order valence-electron chi connectivity index (χ0n) is 17.5. The molecule has 4 rings (SSSR count). The van der Waals surface area contributed by atoms with Gasteiger partial charge >= 0.3 is 5.97 Å². The molecule has 0 radical (unpaired) electrons. The van der Waals surface area contributed by atoms with Crippen LogP contribution in [-0.4, -0.2) is 51.2 Å². The number of fused-ring (bicyclic) bond motifs is 1. The molecule has 1 atom stereocenters. The van der Waals surface area contributed by atoms with E-state index in [9.17, 15) is 9.59 Å². The molecule has 1 aliphatic heterocycles. The van der Waals surface area contributed by atoms with Crippen molar-refractivity contribution in [2.24, 2.45) is 5.92 Å². The molecule has 1 saturated heterocycles. The predicted molar refractivity (Wildman–Crippen MR) is 111 cm³/mol. The first-order chi connectivity index (χ1) is 14.4. The number of piperidine rings is 1. The van der Waals surface area contributed by atoms with Gasteiger partial charge in [-0.1, -0.05) is 6.92 Å². The molecule has 8 nitrogen and oxygen atoms in total. The zero-order chi connectivity index (χ0) is 21.3. The third-order valence-corrected chi connectivity index (χ3v) is 5.39. The number of ether oxygens (including phenoxy) is 1. The van der Waals surface area contributed by atoms with Gasteiger partial charge < -0.3 is 14.1 Å². The Kier molecular flexibility index (Phi) is 5.57. The summed E-state index contributed by atoms with van der Waals surface area (Å²) in [7, 11) is 0. The lowest BCUT2D eigenvalue weighted by Gasteiger charge is -2.30. The molecule has 158 valence electrons. The van der Waals surface area contributed by atoms with Crippen molar-refractivity contribution in [2.45, 2.75) is 39.7 Å². The number of hydrogen-bond acceptors (Lipinski definition) is 6. The lowest BCUT2D eigenvalue weighted by molar-refractivity contribution is -0.136. The highest BCUT2D eigenvalue weighted by molar-refractivity contribution is 6.04. The fourth-order valence-electron chi connectivity index (χ4n) is 3.83. The van der Waals surface area contributed by atoms with E-state index in [4.69, 9.17) is 9.15 Å². The molecule has 0 aromatic carbocycles. The molecule has 0 N–H and O–H groups in total. The highest BCUT2D eigenvalue weighted by Gasteiger charge is 2.24. The second kappa shape index (κ2) is 8.30. The Morgan fingerprint density at radius 1 is 1.37 bits per heavy atom. The van der Waals surface area contributed by atoms with Gasteiger partial charge in [-0.15, -0.1) is 0 Å². The van der Waals surface area contributed by atoms with E-state index in [1.807, 2.05) is 13.8 Å². The summed E-state index contributed by atoms with van der Waals surface area (Å²) >= 11 is 0. The molecule has 0 saturated carbocycles. The van der Waals surface area contributed by atoms with Gasteiger partial charge in [-0.25, -0.2) is 14.5 Å². The van der Waals surface area contributed by atoms with Crippen LogP contribution in [0.5, 0.6) is 0 Å². The van der Waals surface area contributed by atoms with Crippen molar-refractivity contribution < 1.29 is 18.7 Å². The van der Waals surface area contributed by atoms with E-state index >= 15 is 0 Å². The van der Waals surface area contributed by atoms with Gasteiger partial charge in [-0.2, -0.15) is 5.10 Å². The zero-order valence-corrected chi connectivity index (χ0v) is 17.5. The molecule has 30 heavy (non-hydrogen) atoms. The van der Waals surface area contributed by atoms with Gasteiger partial charge in [0.15, 0.2) is 18.0 Å². The minimum atomic E-state index is -0.572. The van der Waals surface area contributed by atoms with Crippen LogP contribution in [0.4, 0.5) is 0 Å². The summed E-state index contributed by atoms with van der Waals surface area (Å²) in [6, 6.07) is 5.23. The van der Waals surface area contributed by atoms with Gasteiger partial charge in [0.1, 0.15) is 5.69 Å². The van der Waals surface area contributed by atoms with Crippen LogP contribution in [0.1, 0.15) is 50.0 Å². The maximum atomic E-state index is 12.9. The summed E-state index contributed by atoms with van der Waals surface area (Å²) in [4.78, 5) is 31.8. The van der Waals surface area contributed by atoms with Gasteiger partial charge in [-0.05, 0) is 50.8 Å². The van der Waals surface area contributed by atoms with Crippen LogP contribution < -0.4 is 0 Å². The number of esters is 1. The molecule has 4 heterocycles. The standard InChI is InChI=1S/C22H26N4O4/c1-14(2)26-21-17(11-23-26)16(10-18(24-21)19-7-5-9-29-19)22(28)30-13-20(27)25-8-4-6-15(3)12-25/h5,7,9-11,14-15H,4,6,8,12-13H2,1-3H3. The smallest absolute Gasteiger partial charge is 0.339 e. The van der Waals surface area contributed by atoms with Crippen molar-refractivity contribution in [3.05, 3.63) is 36.2 Å². The fraction of sp³-hybridized carbons (Fsp3) is 0.455. The first-order valence-electron chi connectivity index (χ1n) is 10.3. The van der Waals surface area contributed by atoms with Crippen molar-refractivity contribution in [1.82, 2.24) is 19.7 Å². The Bertz CT molecular complexity index is 1050. The Labute approximate surface area is 174 Å². The highest BCUT2D eigenvalue weighted by atomic mass is 16.5. The third-order valence-electron chi connectivity index (χ3n) is 5.39. The summed E-state index contributed by atoms with van der Waals surface area (Å²) < 4.78 is 12.6. The van der Waals surface area contributed by atoms with Crippen LogP contribution in [0.25, 0.3) is 22.5 Å². The molecular weight excluding hydrogens is 384 g/mol. The fourth-order valence-corrected chi connectivity index (χ4v) is 3.83. The molecule has 1 aliphatic rings. The van der Waals surface area contributed by atoms with Crippen LogP contribution in [0.2, 0.25) is 0 Å². The summed E-state index contributed by atoms with van der Waals surface area (Å²) in [6.45, 7) is 7.25. The lowest BCUT2D eigenvalue weighted by Crippen LogP contribution is -2.41. The first kappa shape index (κ1) is 20.1. The number of carbonyl (C=O) groups excluding carboxylic acids is 2. The van der Waals surface area contributed by atoms with Gasteiger partial charge in [0.2, 0.25) is 0 Å². The summed E-state index contributed by atoms with van der Waals surface area (Å²) in [5.74, 6) is 0.276. The normalized spacial score (nSPS) is 16.9. The number of carbonyl (C=O) groups is 2. The molecule has 0 spiro atoms. The van der Waals surface area contributed by atoms with Crippen molar-refractivity contribution in [2.75, 3.05) is 19.7 Å². The first-order valence-corrected chi connectivity index (χ1v) is 10.3. The number of hydrogen-bond donors (Lipinski definition) is 0. The summed E-state index contributed by atoms with van der Waals surface area (Å²) in [5.41, 5.74) is 1.40. The van der Waals surface area contributed by atoms with Gasteiger partial charge in [0.25, 0.3) is 5.91 Å². The third kappa shape index (κ3) is 3.94. The minimum absolute atomic E-state index is 0.0633. The number of nitrogens with zero attached hydrogens (tertiary/aromatic N) is 4. The quantitative estimate of drug-likeness (QED) is 0.596. The largest absolute Gasteiger partial charge is 0.463 e. The maximum absolute atomic E-state index is 12.9. The molecule has 0 aliphatic carbocycles. The lowest BCUT2D eigenvalue weighted by atomic mass is 10.0. The van der Waals surface area contributed by atoms with Gasteiger partial charge in [0, 0.05) is 19.1 Å². The number of rotatable bonds is 5. The highest BCUT2D eigenvalue weighted by Crippen LogP contribution is 2.27. The number of furan rings is 1. The topological polar surface area (TPSA) is 90.5 Å². The average Bonchev–Trinajstić information content (AvgIpc) is 3.40. The van der Waals surface area contributed by atoms with E-state index in [0.717, 1.165) is 12.8 Å². The van der Waals surface area contributed by atoms with Gasteiger partial charge in [-0.3, -0.25) is 4.79 Å². The van der Waals surface area contributed by atoms with Crippen LogP contribution in [-0.2, 0) is 9.53 Å². The van der Waals surface area contributed by atoms with E-state index in [1.165, 1.54) is 0 Å². The predicted octanol–water partition coefficient (Wildman–Crippen LogP) is 3.69. The summed E-state index contributed by atoms with van der Waals surface area (Å²) in [5, 5.41) is 4.96. The molecule has 3 aromatic rings. The van der Waals surface area contributed by atoms with Crippen molar-refractivity contribution in [3.8, 4) is 11.5 Å². The monoisotopic (exact) mass is 410 g/mol. The molecule has 8 heteroatoms. The van der Waals surface area contributed by atoms with E-state index in [-0.39, 0.29) is 18.6 Å². The van der Waals surface area contributed by atoms with Crippen LogP contribution >= 0.6 is 0 Å². The molecule has 1 fully saturated rings. The number of amides is 1. The molecule has 0 bridgehead atoms. The number of likely N-dealkylation sites (tertiary alicyclic amines) is 1. The second-order valence-corrected chi connectivity index (χ2v) is 8.12. The summed E-state index contributed by atoms with van der Waals surface area (Å²) in [6.07, 6.45) is 5.26. The van der Waals surface area contributed by atoms with E-state index in [0.29, 0.717) is 47.1 Å². The van der Waals surface area contributed by atoms with Crippen molar-refractivity contribution in [3.63, 3.8) is 0 Å². The minimum Gasteiger partial charge on any atom is -0.463 e. The molecule has 3 aromatic heterocycles. The Hall–Kier alpha value is -3.16. The van der Waals surface area contributed by atoms with E-state index < -0.39 is 5.97 Å². The Balaban J connectivity index is 1.60. The second-order valence-electron chi connectivity index (χ2n) is 8.12. The SMILES string of the molecule is CC1CCCN(C(=O)COC(=O)c2cc(-c3ccco3)nc3c2cnn3C(C)C)C1. The molecular formula is C22H26N4O4. The maximum Gasteiger partial charge on any atom is 0.339 e. The van der Waals surface area contributed by atoms with E-state index in [1.54, 1.807) is 40.2 Å². The van der Waals surface area contributed by atoms with Crippen LogP contribution in [0.15, 0.2) is 35.1 Å². The van der Waals surface area contributed by atoms with Crippen LogP contribution in [0.3, 0.4) is 0 Å². The number of aromatic nitrogens is 3. The Morgan fingerprint density at radius 2 is 2.20 bits per heavy atom. The van der Waals surface area contributed by atoms with Crippen LogP contribution in [0, 0.1) is 5.92 Å². The Morgan fingerprint density at radius 3 is 2.90 bits per heavy atom. The average molecular weight is 410 g/mol. The van der Waals surface area contributed by atoms with Gasteiger partial charge in [0.05, 0.1) is 23.4 Å².